The molecule has 5 heteroatoms. The van der Waals surface area contributed by atoms with E-state index in [-0.39, 0.29) is 0 Å². The van der Waals surface area contributed by atoms with E-state index in [1.165, 1.54) is 19.3 Å². The van der Waals surface area contributed by atoms with Gasteiger partial charge in [0.1, 0.15) is 0 Å². The lowest BCUT2D eigenvalue weighted by Gasteiger charge is -2.32. The third kappa shape index (κ3) is 2.54. The van der Waals surface area contributed by atoms with Crippen LogP contribution in [-0.2, 0) is 0 Å². The van der Waals surface area contributed by atoms with Crippen molar-refractivity contribution in [3.8, 4) is 0 Å². The van der Waals surface area contributed by atoms with Gasteiger partial charge in [0.05, 0.1) is 6.21 Å². The standard InChI is InChI=1S/C17H20N4S/c22-17(21-19-10-11-3-2-6-18-9-11)20-16-8-12-7-15(16)14-5-1-4-13(12)14/h1-3,5-6,9-10,12-16H,4,7-8H2,(H2,20,21,22)/b19-10-/t12-,13-,14+,15-,16+/m1/s1. The molecule has 4 nitrogen and oxygen atoms in total. The summed E-state index contributed by atoms with van der Waals surface area (Å²) in [5, 5.41) is 8.27. The zero-order valence-electron chi connectivity index (χ0n) is 12.4. The van der Waals surface area contributed by atoms with Gasteiger partial charge in [0.25, 0.3) is 0 Å². The number of pyridine rings is 1. The monoisotopic (exact) mass is 312 g/mol. The highest BCUT2D eigenvalue weighted by Gasteiger charge is 2.52. The molecule has 2 fully saturated rings. The van der Waals surface area contributed by atoms with Crippen LogP contribution in [0.2, 0.25) is 0 Å². The van der Waals surface area contributed by atoms with Crippen molar-refractivity contribution in [3.05, 3.63) is 42.2 Å². The normalized spacial score (nSPS) is 35.0. The van der Waals surface area contributed by atoms with Crippen molar-refractivity contribution >= 4 is 23.5 Å². The Kier molecular flexibility index (Phi) is 3.66. The van der Waals surface area contributed by atoms with Crippen molar-refractivity contribution in [1.82, 2.24) is 15.7 Å². The average Bonchev–Trinajstić information content (AvgIpc) is 3.20. The summed E-state index contributed by atoms with van der Waals surface area (Å²) < 4.78 is 0. The molecule has 1 heterocycles. The third-order valence-electron chi connectivity index (χ3n) is 5.39. The molecule has 3 aliphatic carbocycles. The average molecular weight is 312 g/mol. The van der Waals surface area contributed by atoms with Crippen LogP contribution >= 0.6 is 12.2 Å². The van der Waals surface area contributed by atoms with Gasteiger partial charge in [0, 0.05) is 24.0 Å². The van der Waals surface area contributed by atoms with Crippen LogP contribution in [0.3, 0.4) is 0 Å². The molecule has 0 amide bonds. The quantitative estimate of drug-likeness (QED) is 0.390. The minimum absolute atomic E-state index is 0.502. The van der Waals surface area contributed by atoms with Crippen LogP contribution in [0.15, 0.2) is 41.8 Å². The zero-order chi connectivity index (χ0) is 14.9. The van der Waals surface area contributed by atoms with E-state index < -0.39 is 0 Å². The molecule has 1 aromatic heterocycles. The van der Waals surface area contributed by atoms with Crippen LogP contribution in [0, 0.1) is 23.7 Å². The summed E-state index contributed by atoms with van der Waals surface area (Å²) in [5.74, 6) is 3.31. The van der Waals surface area contributed by atoms with Crippen LogP contribution in [0.5, 0.6) is 0 Å². The van der Waals surface area contributed by atoms with Gasteiger partial charge in [-0.05, 0) is 61.2 Å². The second-order valence-corrected chi connectivity index (χ2v) is 6.94. The molecule has 0 spiro atoms. The Hall–Kier alpha value is -1.75. The second kappa shape index (κ2) is 5.80. The Morgan fingerprint density at radius 3 is 3.18 bits per heavy atom. The second-order valence-electron chi connectivity index (χ2n) is 6.54. The number of nitrogens with one attached hydrogen (secondary N) is 2. The SMILES string of the molecule is S=C(N/N=C\c1cccnc1)N[C@H]1C[C@H]2C[C@@H]1[C@H]1C=CC[C@H]21. The van der Waals surface area contributed by atoms with Crippen molar-refractivity contribution in [1.29, 1.82) is 0 Å². The smallest absolute Gasteiger partial charge is 0.187 e. The Balaban J connectivity index is 1.30. The highest BCUT2D eigenvalue weighted by molar-refractivity contribution is 7.80. The van der Waals surface area contributed by atoms with Crippen LogP contribution < -0.4 is 10.7 Å². The summed E-state index contributed by atoms with van der Waals surface area (Å²) in [6, 6.07) is 4.35. The Bertz CT molecular complexity index is 612. The van der Waals surface area contributed by atoms with E-state index >= 15 is 0 Å². The lowest BCUT2D eigenvalue weighted by Crippen LogP contribution is -2.45. The van der Waals surface area contributed by atoms with Crippen molar-refractivity contribution in [2.45, 2.75) is 25.3 Å². The molecule has 2 N–H and O–H groups in total. The number of hydrogen-bond acceptors (Lipinski definition) is 3. The van der Waals surface area contributed by atoms with Gasteiger partial charge in [-0.2, -0.15) is 5.10 Å². The number of thiocarbonyl (C=S) groups is 1. The first-order valence-electron chi connectivity index (χ1n) is 7.97. The molecule has 1 aromatic rings. The highest BCUT2D eigenvalue weighted by atomic mass is 32.1. The van der Waals surface area contributed by atoms with Gasteiger partial charge in [0.15, 0.2) is 5.11 Å². The van der Waals surface area contributed by atoms with E-state index in [4.69, 9.17) is 12.2 Å². The fraction of sp³-hybridized carbons (Fsp3) is 0.471. The Morgan fingerprint density at radius 2 is 2.32 bits per heavy atom. The van der Waals surface area contributed by atoms with Gasteiger partial charge in [0.2, 0.25) is 0 Å². The molecule has 22 heavy (non-hydrogen) atoms. The van der Waals surface area contributed by atoms with E-state index in [9.17, 15) is 0 Å². The highest BCUT2D eigenvalue weighted by Crippen LogP contribution is 2.56. The topological polar surface area (TPSA) is 49.3 Å². The summed E-state index contributed by atoms with van der Waals surface area (Å²) in [6.45, 7) is 0. The molecule has 5 atom stereocenters. The van der Waals surface area contributed by atoms with E-state index in [2.05, 4.69) is 33.0 Å². The molecule has 0 aromatic carbocycles. The molecular weight excluding hydrogens is 292 g/mol. The largest absolute Gasteiger partial charge is 0.358 e. The van der Waals surface area contributed by atoms with Gasteiger partial charge in [-0.15, -0.1) is 0 Å². The lowest BCUT2D eigenvalue weighted by atomic mass is 9.79. The van der Waals surface area contributed by atoms with Crippen molar-refractivity contribution < 1.29 is 0 Å². The van der Waals surface area contributed by atoms with Crippen molar-refractivity contribution in [2.24, 2.45) is 28.8 Å². The van der Waals surface area contributed by atoms with E-state index in [0.717, 1.165) is 29.2 Å². The molecule has 2 bridgehead atoms. The first kappa shape index (κ1) is 13.9. The van der Waals surface area contributed by atoms with E-state index in [1.807, 2.05) is 12.1 Å². The molecule has 4 rings (SSSR count). The van der Waals surface area contributed by atoms with E-state index in [1.54, 1.807) is 18.6 Å². The van der Waals surface area contributed by atoms with E-state index in [0.29, 0.717) is 11.2 Å². The molecule has 0 saturated heterocycles. The minimum atomic E-state index is 0.502. The number of aromatic nitrogens is 1. The molecule has 0 unspecified atom stereocenters. The van der Waals surface area contributed by atoms with Gasteiger partial charge in [-0.1, -0.05) is 18.2 Å². The zero-order valence-corrected chi connectivity index (χ0v) is 13.2. The number of hydrazone groups is 1. The summed E-state index contributed by atoms with van der Waals surface area (Å²) in [6.07, 6.45) is 13.9. The van der Waals surface area contributed by atoms with Crippen LogP contribution in [-0.4, -0.2) is 22.4 Å². The molecule has 0 radical (unpaired) electrons. The van der Waals surface area contributed by atoms with Crippen LogP contribution in [0.25, 0.3) is 0 Å². The predicted octanol–water partition coefficient (Wildman–Crippen LogP) is 2.48. The molecule has 3 aliphatic rings. The summed E-state index contributed by atoms with van der Waals surface area (Å²) >= 11 is 5.37. The number of hydrogen-bond donors (Lipinski definition) is 2. The van der Waals surface area contributed by atoms with Crippen molar-refractivity contribution in [2.75, 3.05) is 0 Å². The number of allylic oxidation sites excluding steroid dienone is 2. The van der Waals surface area contributed by atoms with Gasteiger partial charge in [-0.3, -0.25) is 10.4 Å². The number of nitrogens with zero attached hydrogens (tertiary/aromatic N) is 2. The lowest BCUT2D eigenvalue weighted by molar-refractivity contribution is 0.246. The summed E-state index contributed by atoms with van der Waals surface area (Å²) in [5.41, 5.74) is 3.88. The Morgan fingerprint density at radius 1 is 1.36 bits per heavy atom. The first-order valence-corrected chi connectivity index (χ1v) is 8.38. The fourth-order valence-corrected chi connectivity index (χ4v) is 4.73. The Labute approximate surface area is 136 Å². The molecule has 2 saturated carbocycles. The first-order chi connectivity index (χ1) is 10.8. The third-order valence-corrected chi connectivity index (χ3v) is 5.60. The molecule has 0 aliphatic heterocycles. The number of fused-ring (bicyclic) bond motifs is 5. The van der Waals surface area contributed by atoms with Gasteiger partial charge >= 0.3 is 0 Å². The van der Waals surface area contributed by atoms with Crippen molar-refractivity contribution in [3.63, 3.8) is 0 Å². The number of rotatable bonds is 3. The van der Waals surface area contributed by atoms with Gasteiger partial charge in [-0.25, -0.2) is 0 Å². The molecule has 114 valence electrons. The van der Waals surface area contributed by atoms with Crippen LogP contribution in [0.1, 0.15) is 24.8 Å². The summed E-state index contributed by atoms with van der Waals surface area (Å²) in [7, 11) is 0. The fourth-order valence-electron chi connectivity index (χ4n) is 4.53. The summed E-state index contributed by atoms with van der Waals surface area (Å²) in [4.78, 5) is 4.05. The predicted molar refractivity (Wildman–Crippen MR) is 91.4 cm³/mol. The van der Waals surface area contributed by atoms with Gasteiger partial charge < -0.3 is 5.32 Å². The maximum absolute atomic E-state index is 5.37. The minimum Gasteiger partial charge on any atom is -0.358 e. The van der Waals surface area contributed by atoms with Crippen LogP contribution in [0.4, 0.5) is 0 Å². The molecular formula is C17H20N4S. The maximum Gasteiger partial charge on any atom is 0.187 e. The maximum atomic E-state index is 5.37.